The summed E-state index contributed by atoms with van der Waals surface area (Å²) in [6.07, 6.45) is 0.256. The van der Waals surface area contributed by atoms with Crippen molar-refractivity contribution in [1.29, 1.82) is 0 Å². The Morgan fingerprint density at radius 3 is 2.38 bits per heavy atom. The fraction of sp³-hybridized carbons (Fsp3) is 0.222. The fourth-order valence-corrected chi connectivity index (χ4v) is 2.38. The predicted octanol–water partition coefficient (Wildman–Crippen LogP) is 3.66. The summed E-state index contributed by atoms with van der Waals surface area (Å²) < 4.78 is 11.2. The quantitative estimate of drug-likeness (QED) is 0.930. The van der Waals surface area contributed by atoms with E-state index in [1.165, 1.54) is 5.56 Å². The van der Waals surface area contributed by atoms with Gasteiger partial charge in [0.15, 0.2) is 5.76 Å². The van der Waals surface area contributed by atoms with Gasteiger partial charge in [-0.25, -0.2) is 0 Å². The normalized spacial score (nSPS) is 15.5. The maximum atomic E-state index is 9.56. The lowest BCUT2D eigenvalue weighted by molar-refractivity contribution is 0.0857. The van der Waals surface area contributed by atoms with Crippen molar-refractivity contribution in [2.75, 3.05) is 6.79 Å². The highest BCUT2D eigenvalue weighted by Crippen LogP contribution is 2.29. The molecule has 1 aliphatic rings. The molecule has 0 saturated heterocycles. The SMILES string of the molecule is CC(O)c1ccc(C2=C(Cc3ccccc3)OCO2)cc1. The molecule has 1 heterocycles. The number of allylic oxidation sites excluding steroid dienone is 1. The minimum Gasteiger partial charge on any atom is -0.458 e. The van der Waals surface area contributed by atoms with E-state index >= 15 is 0 Å². The molecular formula is C18H18O3. The van der Waals surface area contributed by atoms with Gasteiger partial charge in [0.05, 0.1) is 6.10 Å². The molecule has 0 bridgehead atoms. The van der Waals surface area contributed by atoms with Crippen molar-refractivity contribution in [3.8, 4) is 0 Å². The highest BCUT2D eigenvalue weighted by atomic mass is 16.7. The van der Waals surface area contributed by atoms with Crippen molar-refractivity contribution in [2.24, 2.45) is 0 Å². The maximum Gasteiger partial charge on any atom is 0.230 e. The fourth-order valence-electron chi connectivity index (χ4n) is 2.38. The molecule has 0 aliphatic carbocycles. The summed E-state index contributed by atoms with van der Waals surface area (Å²) in [6.45, 7) is 2.01. The molecule has 0 radical (unpaired) electrons. The molecule has 3 heteroatoms. The van der Waals surface area contributed by atoms with Gasteiger partial charge in [0.25, 0.3) is 0 Å². The van der Waals surface area contributed by atoms with Crippen molar-refractivity contribution in [3.05, 3.63) is 77.0 Å². The molecule has 21 heavy (non-hydrogen) atoms. The van der Waals surface area contributed by atoms with Gasteiger partial charge in [-0.2, -0.15) is 0 Å². The first kappa shape index (κ1) is 13.7. The van der Waals surface area contributed by atoms with Gasteiger partial charge in [-0.1, -0.05) is 54.6 Å². The van der Waals surface area contributed by atoms with E-state index < -0.39 is 6.10 Å². The number of ether oxygens (including phenoxy) is 2. The van der Waals surface area contributed by atoms with E-state index in [0.717, 1.165) is 22.6 Å². The summed E-state index contributed by atoms with van der Waals surface area (Å²) in [5, 5.41) is 9.56. The molecule has 1 N–H and O–H groups in total. The minimum atomic E-state index is -0.461. The molecule has 1 unspecified atom stereocenters. The first-order valence-electron chi connectivity index (χ1n) is 7.05. The standard InChI is InChI=1S/C18H18O3/c1-13(19)15-7-9-16(10-8-15)18-17(20-12-21-18)11-14-5-3-2-4-6-14/h2-10,13,19H,11-12H2,1H3. The van der Waals surface area contributed by atoms with Crippen LogP contribution in [0.4, 0.5) is 0 Å². The van der Waals surface area contributed by atoms with E-state index in [0.29, 0.717) is 6.42 Å². The molecular weight excluding hydrogens is 264 g/mol. The third kappa shape index (κ3) is 3.09. The zero-order chi connectivity index (χ0) is 14.7. The van der Waals surface area contributed by atoms with Crippen molar-refractivity contribution in [2.45, 2.75) is 19.4 Å². The molecule has 108 valence electrons. The van der Waals surface area contributed by atoms with Crippen molar-refractivity contribution < 1.29 is 14.6 Å². The first-order valence-corrected chi connectivity index (χ1v) is 7.05. The number of rotatable bonds is 4. The molecule has 0 aromatic heterocycles. The lowest BCUT2D eigenvalue weighted by Gasteiger charge is -2.07. The van der Waals surface area contributed by atoms with E-state index in [4.69, 9.17) is 9.47 Å². The summed E-state index contributed by atoms with van der Waals surface area (Å²) in [4.78, 5) is 0. The highest BCUT2D eigenvalue weighted by molar-refractivity contribution is 5.63. The number of aliphatic hydroxyl groups excluding tert-OH is 1. The Morgan fingerprint density at radius 1 is 1.00 bits per heavy atom. The smallest absolute Gasteiger partial charge is 0.230 e. The van der Waals surface area contributed by atoms with Crippen LogP contribution < -0.4 is 0 Å². The van der Waals surface area contributed by atoms with Gasteiger partial charge >= 0.3 is 0 Å². The largest absolute Gasteiger partial charge is 0.458 e. The van der Waals surface area contributed by atoms with Gasteiger partial charge < -0.3 is 14.6 Å². The van der Waals surface area contributed by atoms with Crippen molar-refractivity contribution in [1.82, 2.24) is 0 Å². The predicted molar refractivity (Wildman–Crippen MR) is 81.2 cm³/mol. The zero-order valence-electron chi connectivity index (χ0n) is 12.0. The topological polar surface area (TPSA) is 38.7 Å². The average molecular weight is 282 g/mol. The maximum absolute atomic E-state index is 9.56. The summed E-state index contributed by atoms with van der Waals surface area (Å²) in [5.74, 6) is 1.64. The molecule has 0 saturated carbocycles. The summed E-state index contributed by atoms with van der Waals surface area (Å²) in [5.41, 5.74) is 3.06. The Kier molecular flexibility index (Phi) is 3.93. The number of hydrogen-bond acceptors (Lipinski definition) is 3. The monoisotopic (exact) mass is 282 g/mol. The van der Waals surface area contributed by atoms with Crippen molar-refractivity contribution >= 4 is 5.76 Å². The minimum absolute atomic E-state index is 0.260. The summed E-state index contributed by atoms with van der Waals surface area (Å²) >= 11 is 0. The summed E-state index contributed by atoms with van der Waals surface area (Å²) in [6, 6.07) is 17.9. The molecule has 2 aromatic carbocycles. The zero-order valence-corrected chi connectivity index (χ0v) is 12.0. The van der Waals surface area contributed by atoms with Crippen LogP contribution in [0.5, 0.6) is 0 Å². The van der Waals surface area contributed by atoms with Crippen LogP contribution in [0.15, 0.2) is 60.4 Å². The second kappa shape index (κ2) is 6.02. The van der Waals surface area contributed by atoms with Crippen LogP contribution in [0.25, 0.3) is 5.76 Å². The first-order chi connectivity index (χ1) is 10.2. The highest BCUT2D eigenvalue weighted by Gasteiger charge is 2.19. The lowest BCUT2D eigenvalue weighted by Crippen LogP contribution is -1.95. The van der Waals surface area contributed by atoms with Crippen LogP contribution in [0, 0.1) is 0 Å². The average Bonchev–Trinajstić information content (AvgIpc) is 2.96. The van der Waals surface area contributed by atoms with E-state index in [9.17, 15) is 5.11 Å². The molecule has 2 aromatic rings. The van der Waals surface area contributed by atoms with E-state index in [2.05, 4.69) is 12.1 Å². The van der Waals surface area contributed by atoms with Gasteiger partial charge in [-0.05, 0) is 18.1 Å². The lowest BCUT2D eigenvalue weighted by atomic mass is 10.0. The number of aliphatic hydroxyl groups is 1. The molecule has 1 aliphatic heterocycles. The van der Waals surface area contributed by atoms with Crippen LogP contribution in [0.1, 0.15) is 29.7 Å². The second-order valence-corrected chi connectivity index (χ2v) is 5.12. The molecule has 3 rings (SSSR count). The van der Waals surface area contributed by atoms with Crippen LogP contribution in [-0.4, -0.2) is 11.9 Å². The molecule has 1 atom stereocenters. The van der Waals surface area contributed by atoms with E-state index in [1.54, 1.807) is 6.92 Å². The number of hydrogen-bond donors (Lipinski definition) is 1. The summed E-state index contributed by atoms with van der Waals surface area (Å²) in [7, 11) is 0. The van der Waals surface area contributed by atoms with Gasteiger partial charge in [-0.3, -0.25) is 0 Å². The van der Waals surface area contributed by atoms with Crippen LogP contribution in [-0.2, 0) is 15.9 Å². The molecule has 0 spiro atoms. The molecule has 0 fully saturated rings. The second-order valence-electron chi connectivity index (χ2n) is 5.12. The molecule has 3 nitrogen and oxygen atoms in total. The van der Waals surface area contributed by atoms with E-state index in [1.807, 2.05) is 42.5 Å². The Morgan fingerprint density at radius 2 is 1.71 bits per heavy atom. The van der Waals surface area contributed by atoms with E-state index in [-0.39, 0.29) is 6.79 Å². The van der Waals surface area contributed by atoms with Gasteiger partial charge in [0, 0.05) is 12.0 Å². The number of benzene rings is 2. The van der Waals surface area contributed by atoms with Crippen LogP contribution >= 0.6 is 0 Å². The van der Waals surface area contributed by atoms with Crippen molar-refractivity contribution in [3.63, 3.8) is 0 Å². The van der Waals surface area contributed by atoms with Gasteiger partial charge in [0.2, 0.25) is 6.79 Å². The van der Waals surface area contributed by atoms with Gasteiger partial charge in [-0.15, -0.1) is 0 Å². The third-order valence-electron chi connectivity index (χ3n) is 3.55. The molecule has 0 amide bonds. The Balaban J connectivity index is 1.86. The Labute approximate surface area is 124 Å². The Bertz CT molecular complexity index is 627. The van der Waals surface area contributed by atoms with Crippen LogP contribution in [0.2, 0.25) is 0 Å². The van der Waals surface area contributed by atoms with Crippen LogP contribution in [0.3, 0.4) is 0 Å². The van der Waals surface area contributed by atoms with Gasteiger partial charge in [0.1, 0.15) is 5.76 Å². The Hall–Kier alpha value is -2.26. The third-order valence-corrected chi connectivity index (χ3v) is 3.55.